The number of hydrogen-bond acceptors (Lipinski definition) is 5. The molecule has 0 aliphatic carbocycles. The van der Waals surface area contributed by atoms with Crippen LogP contribution in [-0.4, -0.2) is 43.1 Å². The Hall–Kier alpha value is -1.75. The van der Waals surface area contributed by atoms with E-state index in [1.165, 1.54) is 0 Å². The molecule has 2 N–H and O–H groups in total. The highest BCUT2D eigenvalue weighted by Crippen LogP contribution is 2.34. The number of rotatable bonds is 0. The number of hydrogen-bond donors (Lipinski definition) is 1. The molecule has 0 radical (unpaired) electrons. The summed E-state index contributed by atoms with van der Waals surface area (Å²) in [6, 6.07) is 5.56. The molecule has 0 bridgehead atoms. The molecule has 1 unspecified atom stereocenters. The number of morpholine rings is 1. The van der Waals surface area contributed by atoms with Crippen LogP contribution in [0.25, 0.3) is 0 Å². The van der Waals surface area contributed by atoms with E-state index in [4.69, 9.17) is 20.2 Å². The quantitative estimate of drug-likeness (QED) is 0.704. The van der Waals surface area contributed by atoms with E-state index in [1.54, 1.807) is 0 Å². The van der Waals surface area contributed by atoms with E-state index < -0.39 is 0 Å². The van der Waals surface area contributed by atoms with Crippen molar-refractivity contribution >= 4 is 17.2 Å². The molecule has 18 heavy (non-hydrogen) atoms. The Bertz CT molecular complexity index is 481. The van der Waals surface area contributed by atoms with Gasteiger partial charge in [-0.05, 0) is 25.1 Å². The summed E-state index contributed by atoms with van der Waals surface area (Å²) in [5, 5.41) is 0. The van der Waals surface area contributed by atoms with Crippen LogP contribution in [0.1, 0.15) is 6.92 Å². The lowest BCUT2D eigenvalue weighted by Crippen LogP contribution is -2.47. The number of amidine groups is 1. The predicted molar refractivity (Wildman–Crippen MR) is 70.4 cm³/mol. The van der Waals surface area contributed by atoms with Crippen LogP contribution < -0.4 is 10.5 Å². The molecule has 0 amide bonds. The Morgan fingerprint density at radius 1 is 1.33 bits per heavy atom. The van der Waals surface area contributed by atoms with Crippen molar-refractivity contribution in [1.29, 1.82) is 0 Å². The minimum atomic E-state index is -0.0285. The van der Waals surface area contributed by atoms with Crippen molar-refractivity contribution < 1.29 is 9.47 Å². The number of anilines is 1. The van der Waals surface area contributed by atoms with Crippen molar-refractivity contribution in [3.8, 4) is 5.75 Å². The molecule has 1 aromatic carbocycles. The van der Waals surface area contributed by atoms with E-state index in [-0.39, 0.29) is 6.10 Å². The first-order valence-electron chi connectivity index (χ1n) is 6.21. The molecule has 1 saturated heterocycles. The van der Waals surface area contributed by atoms with E-state index in [9.17, 15) is 0 Å². The number of nitrogens with zero attached hydrogens (tertiary/aromatic N) is 2. The topological polar surface area (TPSA) is 60.1 Å². The third kappa shape index (κ3) is 2.01. The van der Waals surface area contributed by atoms with Crippen molar-refractivity contribution in [2.75, 3.05) is 32.0 Å². The lowest BCUT2D eigenvalue weighted by Gasteiger charge is -2.34. The third-order valence-corrected chi connectivity index (χ3v) is 3.22. The zero-order chi connectivity index (χ0) is 12.5. The first-order chi connectivity index (χ1) is 8.74. The SMILES string of the molecule is CC1Oc2ccc(N)cc2N=C1N1CCOCC1. The second-order valence-electron chi connectivity index (χ2n) is 4.56. The number of nitrogens with two attached hydrogens (primary N) is 1. The summed E-state index contributed by atoms with van der Waals surface area (Å²) < 4.78 is 11.2. The number of ether oxygens (including phenoxy) is 2. The van der Waals surface area contributed by atoms with Crippen molar-refractivity contribution in [2.24, 2.45) is 4.99 Å². The Morgan fingerprint density at radius 3 is 2.89 bits per heavy atom. The first-order valence-corrected chi connectivity index (χ1v) is 6.21. The Balaban J connectivity index is 1.93. The zero-order valence-corrected chi connectivity index (χ0v) is 10.4. The van der Waals surface area contributed by atoms with Crippen molar-refractivity contribution in [3.05, 3.63) is 18.2 Å². The van der Waals surface area contributed by atoms with E-state index in [0.29, 0.717) is 5.69 Å². The molecule has 2 aliphatic rings. The van der Waals surface area contributed by atoms with Crippen LogP contribution in [0.5, 0.6) is 5.75 Å². The summed E-state index contributed by atoms with van der Waals surface area (Å²) in [4.78, 5) is 6.92. The van der Waals surface area contributed by atoms with Crippen LogP contribution in [0.15, 0.2) is 23.2 Å². The van der Waals surface area contributed by atoms with Gasteiger partial charge >= 0.3 is 0 Å². The van der Waals surface area contributed by atoms with Crippen LogP contribution in [0, 0.1) is 0 Å². The highest BCUT2D eigenvalue weighted by atomic mass is 16.5. The van der Waals surface area contributed by atoms with Gasteiger partial charge in [-0.25, -0.2) is 4.99 Å². The van der Waals surface area contributed by atoms with Gasteiger partial charge in [-0.3, -0.25) is 0 Å². The van der Waals surface area contributed by atoms with E-state index in [2.05, 4.69) is 4.90 Å². The molecule has 2 aliphatic heterocycles. The zero-order valence-electron chi connectivity index (χ0n) is 10.4. The highest BCUT2D eigenvalue weighted by molar-refractivity contribution is 5.91. The first kappa shape index (κ1) is 11.3. The van der Waals surface area contributed by atoms with E-state index >= 15 is 0 Å². The van der Waals surface area contributed by atoms with Crippen molar-refractivity contribution in [1.82, 2.24) is 4.90 Å². The molecular weight excluding hydrogens is 230 g/mol. The second-order valence-corrected chi connectivity index (χ2v) is 4.56. The summed E-state index contributed by atoms with van der Waals surface area (Å²) in [7, 11) is 0. The number of aliphatic imine (C=N–C) groups is 1. The molecule has 1 atom stereocenters. The fourth-order valence-electron chi connectivity index (χ4n) is 2.30. The molecule has 1 aromatic rings. The van der Waals surface area contributed by atoms with Gasteiger partial charge in [-0.1, -0.05) is 0 Å². The normalized spacial score (nSPS) is 23.1. The monoisotopic (exact) mass is 247 g/mol. The molecule has 5 nitrogen and oxygen atoms in total. The standard InChI is InChI=1S/C13H17N3O2/c1-9-13(16-4-6-17-7-5-16)15-11-8-10(14)2-3-12(11)18-9/h2-3,8-9H,4-7,14H2,1H3. The van der Waals surface area contributed by atoms with Crippen molar-refractivity contribution in [2.45, 2.75) is 13.0 Å². The molecular formula is C13H17N3O2. The summed E-state index contributed by atoms with van der Waals surface area (Å²) in [6.07, 6.45) is -0.0285. The summed E-state index contributed by atoms with van der Waals surface area (Å²) >= 11 is 0. The van der Waals surface area contributed by atoms with Gasteiger partial charge < -0.3 is 20.1 Å². The van der Waals surface area contributed by atoms with Gasteiger partial charge in [0.05, 0.1) is 13.2 Å². The van der Waals surface area contributed by atoms with Crippen LogP contribution in [-0.2, 0) is 4.74 Å². The number of benzene rings is 1. The minimum Gasteiger partial charge on any atom is -0.481 e. The van der Waals surface area contributed by atoms with Crippen molar-refractivity contribution in [3.63, 3.8) is 0 Å². The van der Waals surface area contributed by atoms with E-state index in [1.807, 2.05) is 25.1 Å². The number of nitrogen functional groups attached to an aromatic ring is 1. The summed E-state index contributed by atoms with van der Waals surface area (Å²) in [6.45, 7) is 5.24. The molecule has 96 valence electrons. The fourth-order valence-corrected chi connectivity index (χ4v) is 2.30. The maximum absolute atomic E-state index is 5.88. The Labute approximate surface area is 106 Å². The largest absolute Gasteiger partial charge is 0.481 e. The molecule has 0 spiro atoms. The van der Waals surface area contributed by atoms with Crippen LogP contribution in [0.3, 0.4) is 0 Å². The minimum absolute atomic E-state index is 0.0285. The summed E-state index contributed by atoms with van der Waals surface area (Å²) in [5.74, 6) is 1.77. The van der Waals surface area contributed by atoms with Crippen LogP contribution in [0.4, 0.5) is 11.4 Å². The van der Waals surface area contributed by atoms with E-state index in [0.717, 1.165) is 43.6 Å². The number of fused-ring (bicyclic) bond motifs is 1. The molecule has 0 saturated carbocycles. The third-order valence-electron chi connectivity index (χ3n) is 3.22. The molecule has 0 aromatic heterocycles. The summed E-state index contributed by atoms with van der Waals surface area (Å²) in [5.41, 5.74) is 7.30. The van der Waals surface area contributed by atoms with Gasteiger partial charge in [-0.2, -0.15) is 0 Å². The maximum Gasteiger partial charge on any atom is 0.153 e. The molecule has 1 fully saturated rings. The van der Waals surface area contributed by atoms with Gasteiger partial charge in [0.2, 0.25) is 0 Å². The smallest absolute Gasteiger partial charge is 0.153 e. The predicted octanol–water partition coefficient (Wildman–Crippen LogP) is 1.41. The lowest BCUT2D eigenvalue weighted by atomic mass is 10.2. The van der Waals surface area contributed by atoms with Gasteiger partial charge in [0.25, 0.3) is 0 Å². The Morgan fingerprint density at radius 2 is 2.11 bits per heavy atom. The molecule has 2 heterocycles. The maximum atomic E-state index is 5.88. The van der Waals surface area contributed by atoms with Crippen LogP contribution >= 0.6 is 0 Å². The highest BCUT2D eigenvalue weighted by Gasteiger charge is 2.26. The van der Waals surface area contributed by atoms with Gasteiger partial charge in [0.15, 0.2) is 6.10 Å². The second kappa shape index (κ2) is 4.49. The molecule has 5 heteroatoms. The van der Waals surface area contributed by atoms with Gasteiger partial charge in [0, 0.05) is 18.8 Å². The fraction of sp³-hybridized carbons (Fsp3) is 0.462. The average molecular weight is 247 g/mol. The van der Waals surface area contributed by atoms with Crippen LogP contribution in [0.2, 0.25) is 0 Å². The van der Waals surface area contributed by atoms with Gasteiger partial charge in [-0.15, -0.1) is 0 Å². The van der Waals surface area contributed by atoms with Gasteiger partial charge in [0.1, 0.15) is 17.3 Å². The average Bonchev–Trinajstić information content (AvgIpc) is 2.39. The molecule has 3 rings (SSSR count). The Kier molecular flexibility index (Phi) is 2.83. The lowest BCUT2D eigenvalue weighted by molar-refractivity contribution is 0.0635.